The summed E-state index contributed by atoms with van der Waals surface area (Å²) in [5.41, 5.74) is 4.56. The number of aryl methyl sites for hydroxylation is 1. The third-order valence-electron chi connectivity index (χ3n) is 3.42. The van der Waals surface area contributed by atoms with E-state index in [1.807, 2.05) is 50.8 Å². The number of carbonyl (C=O) groups is 1. The van der Waals surface area contributed by atoms with E-state index in [1.54, 1.807) is 0 Å². The molecule has 2 rings (SSSR count). The van der Waals surface area contributed by atoms with E-state index in [1.165, 1.54) is 0 Å². The Bertz CT molecular complexity index is 514. The summed E-state index contributed by atoms with van der Waals surface area (Å²) in [7, 11) is 0. The number of morpholine rings is 1. The predicted octanol–water partition coefficient (Wildman–Crippen LogP) is 1.92. The van der Waals surface area contributed by atoms with Gasteiger partial charge in [0, 0.05) is 13.1 Å². The first-order valence-corrected chi connectivity index (χ1v) is 6.87. The normalized spacial score (nSPS) is 21.6. The highest BCUT2D eigenvalue weighted by atomic mass is 16.5. The molecule has 1 amide bonds. The quantitative estimate of drug-likeness (QED) is 0.640. The number of benzene rings is 1. The van der Waals surface area contributed by atoms with Gasteiger partial charge in [0.15, 0.2) is 0 Å². The fraction of sp³-hybridized carbons (Fsp3) is 0.533. The topological polar surface area (TPSA) is 67.6 Å². The number of nitrogens with two attached hydrogens (primary N) is 1. The molecule has 1 fully saturated rings. The van der Waals surface area contributed by atoms with Crippen molar-refractivity contribution in [3.8, 4) is 0 Å². The Balaban J connectivity index is 2.29. The highest BCUT2D eigenvalue weighted by Gasteiger charge is 2.34. The van der Waals surface area contributed by atoms with E-state index < -0.39 is 0 Å². The molecule has 110 valence electrons. The third kappa shape index (κ3) is 3.11. The second kappa shape index (κ2) is 5.42. The Kier molecular flexibility index (Phi) is 4.01. The summed E-state index contributed by atoms with van der Waals surface area (Å²) < 4.78 is 5.84. The van der Waals surface area contributed by atoms with Gasteiger partial charge in [-0.05, 0) is 39.8 Å². The molecule has 5 heteroatoms. The summed E-state index contributed by atoms with van der Waals surface area (Å²) >= 11 is 0. The van der Waals surface area contributed by atoms with E-state index >= 15 is 0 Å². The number of rotatable bonds is 2. The smallest absolute Gasteiger partial charge is 0.256 e. The van der Waals surface area contributed by atoms with E-state index in [0.717, 1.165) is 5.56 Å². The lowest BCUT2D eigenvalue weighted by molar-refractivity contribution is -0.118. The van der Waals surface area contributed by atoms with Gasteiger partial charge in [0.1, 0.15) is 0 Å². The second-order valence-corrected chi connectivity index (χ2v) is 6.07. The lowest BCUT2D eigenvalue weighted by Gasteiger charge is -2.41. The minimum absolute atomic E-state index is 0.00937. The molecule has 0 radical (unpaired) electrons. The van der Waals surface area contributed by atoms with Gasteiger partial charge in [-0.15, -0.1) is 0 Å². The Morgan fingerprint density at radius 3 is 2.80 bits per heavy atom. The first kappa shape index (κ1) is 14.8. The van der Waals surface area contributed by atoms with E-state index in [2.05, 4.69) is 5.43 Å². The molecule has 1 saturated heterocycles. The number of nitrogen functional groups attached to an aromatic ring is 1. The molecule has 0 bridgehead atoms. The molecule has 0 aromatic heterocycles. The van der Waals surface area contributed by atoms with Gasteiger partial charge in [0.2, 0.25) is 0 Å². The van der Waals surface area contributed by atoms with Gasteiger partial charge in [0.05, 0.1) is 23.0 Å². The lowest BCUT2D eigenvalue weighted by atomic mass is 10.0. The van der Waals surface area contributed by atoms with Gasteiger partial charge in [-0.25, -0.2) is 0 Å². The van der Waals surface area contributed by atoms with E-state index in [4.69, 9.17) is 10.6 Å². The molecule has 1 atom stereocenters. The maximum absolute atomic E-state index is 12.7. The average molecular weight is 277 g/mol. The lowest BCUT2D eigenvalue weighted by Crippen LogP contribution is -2.53. The van der Waals surface area contributed by atoms with Gasteiger partial charge in [-0.1, -0.05) is 11.6 Å². The van der Waals surface area contributed by atoms with Crippen molar-refractivity contribution >= 4 is 11.6 Å². The third-order valence-corrected chi connectivity index (χ3v) is 3.42. The summed E-state index contributed by atoms with van der Waals surface area (Å²) in [5.74, 6) is 5.49. The van der Waals surface area contributed by atoms with Crippen molar-refractivity contribution in [3.63, 3.8) is 0 Å². The molecule has 1 aromatic carbocycles. The molecule has 1 aromatic rings. The first-order valence-electron chi connectivity index (χ1n) is 6.87. The first-order chi connectivity index (χ1) is 9.32. The van der Waals surface area contributed by atoms with Gasteiger partial charge in [-0.2, -0.15) is 0 Å². The zero-order chi connectivity index (χ0) is 14.9. The SMILES string of the molecule is Cc1ccc(NN)c(C(=O)N2CC(C)OC(C)(C)C2)c1. The number of nitrogens with one attached hydrogen (secondary N) is 1. The number of ether oxygens (including phenoxy) is 1. The Morgan fingerprint density at radius 1 is 1.50 bits per heavy atom. The van der Waals surface area contributed by atoms with Crippen LogP contribution in [0.3, 0.4) is 0 Å². The zero-order valence-electron chi connectivity index (χ0n) is 12.6. The molecule has 0 saturated carbocycles. The highest BCUT2D eigenvalue weighted by molar-refractivity contribution is 5.99. The van der Waals surface area contributed by atoms with Crippen LogP contribution in [0.4, 0.5) is 5.69 Å². The van der Waals surface area contributed by atoms with Crippen LogP contribution in [0.15, 0.2) is 18.2 Å². The van der Waals surface area contributed by atoms with Crippen molar-refractivity contribution in [2.24, 2.45) is 5.84 Å². The molecular weight excluding hydrogens is 254 g/mol. The number of hydrazine groups is 1. The summed E-state index contributed by atoms with van der Waals surface area (Å²) in [6.07, 6.45) is 0.0294. The van der Waals surface area contributed by atoms with Crippen LogP contribution in [0.25, 0.3) is 0 Å². The molecule has 0 spiro atoms. The van der Waals surface area contributed by atoms with E-state index in [0.29, 0.717) is 24.3 Å². The summed E-state index contributed by atoms with van der Waals surface area (Å²) in [5, 5.41) is 0. The second-order valence-electron chi connectivity index (χ2n) is 6.07. The Morgan fingerprint density at radius 2 is 2.20 bits per heavy atom. The minimum atomic E-state index is -0.326. The van der Waals surface area contributed by atoms with Crippen LogP contribution < -0.4 is 11.3 Å². The van der Waals surface area contributed by atoms with Crippen LogP contribution in [0.5, 0.6) is 0 Å². The number of carbonyl (C=O) groups excluding carboxylic acids is 1. The summed E-state index contributed by atoms with van der Waals surface area (Å²) in [6, 6.07) is 5.63. The molecule has 0 aliphatic carbocycles. The Hall–Kier alpha value is -1.59. The maximum Gasteiger partial charge on any atom is 0.256 e. The molecule has 5 nitrogen and oxygen atoms in total. The summed E-state index contributed by atoms with van der Waals surface area (Å²) in [6.45, 7) is 9.12. The van der Waals surface area contributed by atoms with Gasteiger partial charge in [0.25, 0.3) is 5.91 Å². The van der Waals surface area contributed by atoms with Crippen molar-refractivity contribution in [1.29, 1.82) is 0 Å². The van der Waals surface area contributed by atoms with Crippen molar-refractivity contribution in [3.05, 3.63) is 29.3 Å². The van der Waals surface area contributed by atoms with Gasteiger partial charge < -0.3 is 15.1 Å². The van der Waals surface area contributed by atoms with E-state index in [-0.39, 0.29) is 17.6 Å². The van der Waals surface area contributed by atoms with Crippen LogP contribution in [-0.4, -0.2) is 35.6 Å². The molecule has 1 aliphatic rings. The largest absolute Gasteiger partial charge is 0.369 e. The predicted molar refractivity (Wildman–Crippen MR) is 79.5 cm³/mol. The summed E-state index contributed by atoms with van der Waals surface area (Å²) in [4.78, 5) is 14.6. The van der Waals surface area contributed by atoms with Crippen molar-refractivity contribution in [1.82, 2.24) is 4.90 Å². The van der Waals surface area contributed by atoms with Crippen LogP contribution in [0.2, 0.25) is 0 Å². The minimum Gasteiger partial charge on any atom is -0.369 e. The monoisotopic (exact) mass is 277 g/mol. The van der Waals surface area contributed by atoms with Crippen LogP contribution in [0.1, 0.15) is 36.7 Å². The fourth-order valence-corrected chi connectivity index (χ4v) is 2.74. The maximum atomic E-state index is 12.7. The average Bonchev–Trinajstić information content (AvgIpc) is 2.35. The number of hydrogen-bond acceptors (Lipinski definition) is 4. The van der Waals surface area contributed by atoms with Crippen LogP contribution >= 0.6 is 0 Å². The number of amides is 1. The van der Waals surface area contributed by atoms with Crippen molar-refractivity contribution < 1.29 is 9.53 Å². The fourth-order valence-electron chi connectivity index (χ4n) is 2.74. The van der Waals surface area contributed by atoms with Gasteiger partial charge in [-0.3, -0.25) is 10.6 Å². The molecule has 1 heterocycles. The number of anilines is 1. The van der Waals surface area contributed by atoms with Crippen molar-refractivity contribution in [2.45, 2.75) is 39.4 Å². The number of hydrogen-bond donors (Lipinski definition) is 2. The van der Waals surface area contributed by atoms with Gasteiger partial charge >= 0.3 is 0 Å². The zero-order valence-corrected chi connectivity index (χ0v) is 12.6. The molecule has 20 heavy (non-hydrogen) atoms. The van der Waals surface area contributed by atoms with Crippen LogP contribution in [-0.2, 0) is 4.74 Å². The van der Waals surface area contributed by atoms with Crippen molar-refractivity contribution in [2.75, 3.05) is 18.5 Å². The standard InChI is InChI=1S/C15H23N3O2/c1-10-5-6-13(17-16)12(7-10)14(19)18-8-11(2)20-15(3,4)9-18/h5-7,11,17H,8-9,16H2,1-4H3. The molecule has 1 unspecified atom stereocenters. The molecule has 1 aliphatic heterocycles. The van der Waals surface area contributed by atoms with Crippen LogP contribution in [0, 0.1) is 6.92 Å². The molecule has 3 N–H and O–H groups in total. The van der Waals surface area contributed by atoms with E-state index in [9.17, 15) is 4.79 Å². The number of nitrogens with zero attached hydrogens (tertiary/aromatic N) is 1. The molecular formula is C15H23N3O2. The highest BCUT2D eigenvalue weighted by Crippen LogP contribution is 2.25. The Labute approximate surface area is 120 Å².